The highest BCUT2D eigenvalue weighted by atomic mass is 32.2. The standard InChI is InChI=1S/C19H25NS/c1-15(2)12-20-13-18-5-4-6-19(11-18)21-14-17-9-7-16(3)8-10-17/h4-11,15,20H,12-14H2,1-3H3. The molecule has 2 aromatic carbocycles. The van der Waals surface area contributed by atoms with Gasteiger partial charge in [-0.1, -0.05) is 55.8 Å². The van der Waals surface area contributed by atoms with Crippen LogP contribution in [0.5, 0.6) is 0 Å². The smallest absolute Gasteiger partial charge is 0.0231 e. The van der Waals surface area contributed by atoms with Crippen molar-refractivity contribution in [3.63, 3.8) is 0 Å². The van der Waals surface area contributed by atoms with Crippen molar-refractivity contribution in [2.45, 2.75) is 38.0 Å². The number of benzene rings is 2. The molecule has 0 atom stereocenters. The maximum Gasteiger partial charge on any atom is 0.0231 e. The number of nitrogens with one attached hydrogen (secondary N) is 1. The third kappa shape index (κ3) is 5.94. The molecule has 0 saturated heterocycles. The first kappa shape index (κ1) is 16.1. The number of aryl methyl sites for hydroxylation is 1. The molecule has 0 fully saturated rings. The Morgan fingerprint density at radius 3 is 2.48 bits per heavy atom. The Hall–Kier alpha value is -1.25. The van der Waals surface area contributed by atoms with Gasteiger partial charge in [-0.05, 0) is 42.6 Å². The first-order chi connectivity index (χ1) is 10.1. The molecule has 0 aliphatic rings. The fraction of sp³-hybridized carbons (Fsp3) is 0.368. The first-order valence-electron chi connectivity index (χ1n) is 7.61. The van der Waals surface area contributed by atoms with E-state index in [1.807, 2.05) is 11.8 Å². The van der Waals surface area contributed by atoms with Crippen molar-refractivity contribution in [1.29, 1.82) is 0 Å². The molecule has 21 heavy (non-hydrogen) atoms. The third-order valence-electron chi connectivity index (χ3n) is 3.31. The molecule has 0 spiro atoms. The van der Waals surface area contributed by atoms with Gasteiger partial charge in [0.15, 0.2) is 0 Å². The summed E-state index contributed by atoms with van der Waals surface area (Å²) in [6, 6.07) is 17.7. The quantitative estimate of drug-likeness (QED) is 0.719. The van der Waals surface area contributed by atoms with Gasteiger partial charge >= 0.3 is 0 Å². The predicted molar refractivity (Wildman–Crippen MR) is 93.7 cm³/mol. The molecule has 1 nitrogen and oxygen atoms in total. The molecule has 112 valence electrons. The highest BCUT2D eigenvalue weighted by molar-refractivity contribution is 7.98. The minimum absolute atomic E-state index is 0.698. The van der Waals surface area contributed by atoms with E-state index in [0.717, 1.165) is 18.8 Å². The highest BCUT2D eigenvalue weighted by Gasteiger charge is 2.00. The lowest BCUT2D eigenvalue weighted by molar-refractivity contribution is 0.552. The zero-order valence-corrected chi connectivity index (χ0v) is 14.0. The van der Waals surface area contributed by atoms with Crippen LogP contribution in [0.1, 0.15) is 30.5 Å². The van der Waals surface area contributed by atoms with Gasteiger partial charge in [-0.15, -0.1) is 11.8 Å². The molecule has 1 N–H and O–H groups in total. The topological polar surface area (TPSA) is 12.0 Å². The lowest BCUT2D eigenvalue weighted by Gasteiger charge is -2.09. The van der Waals surface area contributed by atoms with E-state index in [1.54, 1.807) is 0 Å². The van der Waals surface area contributed by atoms with Gasteiger partial charge in [-0.2, -0.15) is 0 Å². The van der Waals surface area contributed by atoms with Gasteiger partial charge in [0, 0.05) is 17.2 Å². The summed E-state index contributed by atoms with van der Waals surface area (Å²) < 4.78 is 0. The maximum absolute atomic E-state index is 3.50. The molecule has 0 radical (unpaired) electrons. The fourth-order valence-corrected chi connectivity index (χ4v) is 3.04. The van der Waals surface area contributed by atoms with Crippen LogP contribution in [-0.2, 0) is 12.3 Å². The summed E-state index contributed by atoms with van der Waals surface area (Å²) in [5, 5.41) is 3.50. The van der Waals surface area contributed by atoms with Crippen LogP contribution in [0.3, 0.4) is 0 Å². The van der Waals surface area contributed by atoms with Crippen LogP contribution in [-0.4, -0.2) is 6.54 Å². The van der Waals surface area contributed by atoms with Gasteiger partial charge in [0.25, 0.3) is 0 Å². The molecule has 0 saturated carbocycles. The van der Waals surface area contributed by atoms with Crippen molar-refractivity contribution in [2.75, 3.05) is 6.54 Å². The van der Waals surface area contributed by atoms with E-state index in [-0.39, 0.29) is 0 Å². The molecule has 0 unspecified atom stereocenters. The van der Waals surface area contributed by atoms with E-state index in [4.69, 9.17) is 0 Å². The molecular formula is C19H25NS. The summed E-state index contributed by atoms with van der Waals surface area (Å²) in [7, 11) is 0. The summed E-state index contributed by atoms with van der Waals surface area (Å²) in [5.41, 5.74) is 4.07. The second-order valence-corrected chi connectivity index (χ2v) is 7.00. The van der Waals surface area contributed by atoms with E-state index in [0.29, 0.717) is 5.92 Å². The average molecular weight is 299 g/mol. The first-order valence-corrected chi connectivity index (χ1v) is 8.60. The second-order valence-electron chi connectivity index (χ2n) is 5.95. The number of rotatable bonds is 7. The van der Waals surface area contributed by atoms with E-state index in [1.165, 1.54) is 21.6 Å². The maximum atomic E-state index is 3.50. The van der Waals surface area contributed by atoms with E-state index in [2.05, 4.69) is 74.6 Å². The Morgan fingerprint density at radius 1 is 1.00 bits per heavy atom. The Kier molecular flexibility index (Phi) is 6.34. The summed E-state index contributed by atoms with van der Waals surface area (Å²) in [6.07, 6.45) is 0. The minimum atomic E-state index is 0.698. The van der Waals surface area contributed by atoms with Crippen LogP contribution < -0.4 is 5.32 Å². The largest absolute Gasteiger partial charge is 0.312 e. The van der Waals surface area contributed by atoms with Gasteiger partial charge in [0.05, 0.1) is 0 Å². The molecule has 2 rings (SSSR count). The summed E-state index contributed by atoms with van der Waals surface area (Å²) in [6.45, 7) is 8.63. The number of thioether (sulfide) groups is 1. The molecule has 0 heterocycles. The van der Waals surface area contributed by atoms with Crippen LogP contribution >= 0.6 is 11.8 Å². The van der Waals surface area contributed by atoms with Crippen LogP contribution in [0.4, 0.5) is 0 Å². The van der Waals surface area contributed by atoms with Crippen molar-refractivity contribution < 1.29 is 0 Å². The van der Waals surface area contributed by atoms with Crippen molar-refractivity contribution in [1.82, 2.24) is 5.32 Å². The molecule has 0 aliphatic carbocycles. The Labute approximate surface area is 133 Å². The lowest BCUT2D eigenvalue weighted by atomic mass is 10.2. The van der Waals surface area contributed by atoms with Crippen molar-refractivity contribution in [3.8, 4) is 0 Å². The highest BCUT2D eigenvalue weighted by Crippen LogP contribution is 2.23. The zero-order chi connectivity index (χ0) is 15.1. The Bertz CT molecular complexity index is 546. The summed E-state index contributed by atoms with van der Waals surface area (Å²) >= 11 is 1.91. The lowest BCUT2D eigenvalue weighted by Crippen LogP contribution is -2.18. The van der Waals surface area contributed by atoms with Crippen molar-refractivity contribution in [3.05, 3.63) is 65.2 Å². The van der Waals surface area contributed by atoms with Gasteiger partial charge in [0.2, 0.25) is 0 Å². The molecule has 2 heteroatoms. The summed E-state index contributed by atoms with van der Waals surface area (Å²) in [4.78, 5) is 1.35. The Morgan fingerprint density at radius 2 is 1.76 bits per heavy atom. The van der Waals surface area contributed by atoms with Gasteiger partial charge in [-0.25, -0.2) is 0 Å². The molecule has 0 amide bonds. The SMILES string of the molecule is Cc1ccc(CSc2cccc(CNCC(C)C)c2)cc1. The third-order valence-corrected chi connectivity index (χ3v) is 4.37. The molecular weight excluding hydrogens is 274 g/mol. The van der Waals surface area contributed by atoms with E-state index in [9.17, 15) is 0 Å². The average Bonchev–Trinajstić information content (AvgIpc) is 2.47. The van der Waals surface area contributed by atoms with Gasteiger partial charge in [0.1, 0.15) is 0 Å². The van der Waals surface area contributed by atoms with E-state index >= 15 is 0 Å². The zero-order valence-electron chi connectivity index (χ0n) is 13.2. The second kappa shape index (κ2) is 8.26. The minimum Gasteiger partial charge on any atom is -0.312 e. The van der Waals surface area contributed by atoms with Crippen LogP contribution in [0.25, 0.3) is 0 Å². The van der Waals surface area contributed by atoms with Crippen molar-refractivity contribution in [2.24, 2.45) is 5.92 Å². The van der Waals surface area contributed by atoms with Gasteiger partial charge in [-0.3, -0.25) is 0 Å². The number of hydrogen-bond donors (Lipinski definition) is 1. The van der Waals surface area contributed by atoms with Gasteiger partial charge < -0.3 is 5.32 Å². The normalized spacial score (nSPS) is 11.0. The predicted octanol–water partition coefficient (Wildman–Crippen LogP) is 5.03. The molecule has 0 aromatic heterocycles. The van der Waals surface area contributed by atoms with Crippen LogP contribution in [0, 0.1) is 12.8 Å². The fourth-order valence-electron chi connectivity index (χ4n) is 2.10. The molecule has 0 bridgehead atoms. The van der Waals surface area contributed by atoms with Crippen LogP contribution in [0.2, 0.25) is 0 Å². The van der Waals surface area contributed by atoms with E-state index < -0.39 is 0 Å². The number of hydrogen-bond acceptors (Lipinski definition) is 2. The summed E-state index contributed by atoms with van der Waals surface area (Å²) in [5.74, 6) is 1.73. The van der Waals surface area contributed by atoms with Crippen LogP contribution in [0.15, 0.2) is 53.4 Å². The monoisotopic (exact) mass is 299 g/mol. The molecule has 0 aliphatic heterocycles. The molecule has 2 aromatic rings. The Balaban J connectivity index is 1.87. The van der Waals surface area contributed by atoms with Crippen molar-refractivity contribution >= 4 is 11.8 Å².